The molecule has 0 aromatic carbocycles. The largest absolute Gasteiger partial charge is 0.477 e. The summed E-state index contributed by atoms with van der Waals surface area (Å²) in [5, 5.41) is 8.07. The maximum absolute atomic E-state index is 12.5. The molecule has 1 unspecified atom stereocenters. The molecule has 0 saturated carbocycles. The fraction of sp³-hybridized carbons (Fsp3) is 0.833. The highest BCUT2D eigenvalue weighted by Crippen LogP contribution is 2.28. The first-order valence-corrected chi connectivity index (χ1v) is 3.28. The zero-order chi connectivity index (χ0) is 8.48. The molecule has 64 valence electrons. The smallest absolute Gasteiger partial charge is 0.377 e. The van der Waals surface area contributed by atoms with Gasteiger partial charge in [0.05, 0.1) is 0 Å². The van der Waals surface area contributed by atoms with Gasteiger partial charge in [0.2, 0.25) is 0 Å². The minimum atomic E-state index is -3.73. The summed E-state index contributed by atoms with van der Waals surface area (Å²) in [6.45, 7) is 0.230. The van der Waals surface area contributed by atoms with E-state index in [1.54, 1.807) is 0 Å². The second kappa shape index (κ2) is 2.73. The number of carboxylic acids is 1. The monoisotopic (exact) mass is 166 g/mol. The third-order valence-electron chi connectivity index (χ3n) is 1.62. The zero-order valence-corrected chi connectivity index (χ0v) is 5.72. The zero-order valence-electron chi connectivity index (χ0n) is 5.72. The molecule has 1 N–H and O–H groups in total. The third kappa shape index (κ3) is 1.48. The predicted octanol–water partition coefficient (Wildman–Crippen LogP) is 0.885. The molecule has 1 rings (SSSR count). The van der Waals surface area contributed by atoms with Crippen LogP contribution in [0.2, 0.25) is 0 Å². The molecule has 1 saturated heterocycles. The first kappa shape index (κ1) is 8.39. The number of hydrogen-bond donors (Lipinski definition) is 1. The maximum Gasteiger partial charge on any atom is 0.377 e. The molecule has 1 aliphatic heterocycles. The van der Waals surface area contributed by atoms with Crippen molar-refractivity contribution in [3.63, 3.8) is 0 Å². The van der Waals surface area contributed by atoms with E-state index in [2.05, 4.69) is 4.74 Å². The molecule has 1 fully saturated rings. The Bertz CT molecular complexity index is 163. The molecule has 1 atom stereocenters. The molecular weight excluding hydrogens is 158 g/mol. The van der Waals surface area contributed by atoms with Crippen molar-refractivity contribution in [3.05, 3.63) is 0 Å². The van der Waals surface area contributed by atoms with Crippen LogP contribution in [0.5, 0.6) is 0 Å². The summed E-state index contributed by atoms with van der Waals surface area (Å²) in [5.74, 6) is -5.83. The van der Waals surface area contributed by atoms with Crippen LogP contribution >= 0.6 is 0 Å². The minimum Gasteiger partial charge on any atom is -0.477 e. The number of aliphatic carboxylic acids is 1. The number of alkyl halides is 2. The van der Waals surface area contributed by atoms with Gasteiger partial charge in [0.15, 0.2) is 0 Å². The van der Waals surface area contributed by atoms with Gasteiger partial charge in [-0.15, -0.1) is 0 Å². The summed E-state index contributed by atoms with van der Waals surface area (Å²) in [7, 11) is 0. The van der Waals surface area contributed by atoms with Gasteiger partial charge in [-0.25, -0.2) is 4.79 Å². The predicted molar refractivity (Wildman–Crippen MR) is 31.6 cm³/mol. The number of carbonyl (C=O) groups is 1. The van der Waals surface area contributed by atoms with Gasteiger partial charge in [0.25, 0.3) is 0 Å². The van der Waals surface area contributed by atoms with Gasteiger partial charge in [-0.2, -0.15) is 8.78 Å². The third-order valence-corrected chi connectivity index (χ3v) is 1.62. The molecule has 0 aromatic heterocycles. The molecule has 0 aromatic rings. The van der Waals surface area contributed by atoms with E-state index in [4.69, 9.17) is 5.11 Å². The SMILES string of the molecule is O=C(O)C(F)(F)C1CCCO1. The van der Waals surface area contributed by atoms with Gasteiger partial charge in [0.1, 0.15) is 6.10 Å². The van der Waals surface area contributed by atoms with Crippen molar-refractivity contribution in [3.8, 4) is 0 Å². The highest BCUT2D eigenvalue weighted by molar-refractivity contribution is 5.76. The van der Waals surface area contributed by atoms with Crippen LogP contribution in [0.3, 0.4) is 0 Å². The molecule has 0 radical (unpaired) electrons. The molecular formula is C6H8F2O3. The fourth-order valence-corrected chi connectivity index (χ4v) is 1.00. The maximum atomic E-state index is 12.5. The Kier molecular flexibility index (Phi) is 2.08. The van der Waals surface area contributed by atoms with E-state index in [0.29, 0.717) is 6.42 Å². The molecule has 11 heavy (non-hydrogen) atoms. The summed E-state index contributed by atoms with van der Waals surface area (Å²) in [5.41, 5.74) is 0. The van der Waals surface area contributed by atoms with Crippen molar-refractivity contribution in [2.24, 2.45) is 0 Å². The van der Waals surface area contributed by atoms with Crippen LogP contribution in [0, 0.1) is 0 Å². The second-order valence-electron chi connectivity index (χ2n) is 2.43. The van der Waals surface area contributed by atoms with Gasteiger partial charge >= 0.3 is 11.9 Å². The number of halogens is 2. The molecule has 0 bridgehead atoms. The van der Waals surface area contributed by atoms with Crippen LogP contribution in [0.25, 0.3) is 0 Å². The summed E-state index contributed by atoms with van der Waals surface area (Å²) < 4.78 is 29.6. The van der Waals surface area contributed by atoms with Crippen molar-refractivity contribution < 1.29 is 23.4 Å². The minimum absolute atomic E-state index is 0.124. The van der Waals surface area contributed by atoms with E-state index in [-0.39, 0.29) is 13.0 Å². The number of carboxylic acid groups (broad SMARTS) is 1. The van der Waals surface area contributed by atoms with Crippen molar-refractivity contribution in [2.75, 3.05) is 6.61 Å². The van der Waals surface area contributed by atoms with Crippen LogP contribution in [0.1, 0.15) is 12.8 Å². The van der Waals surface area contributed by atoms with Gasteiger partial charge in [-0.3, -0.25) is 0 Å². The van der Waals surface area contributed by atoms with Crippen molar-refractivity contribution in [1.82, 2.24) is 0 Å². The molecule has 3 nitrogen and oxygen atoms in total. The Balaban J connectivity index is 2.62. The van der Waals surface area contributed by atoms with Gasteiger partial charge in [0, 0.05) is 6.61 Å². The van der Waals surface area contributed by atoms with E-state index in [9.17, 15) is 13.6 Å². The highest BCUT2D eigenvalue weighted by atomic mass is 19.3. The molecule has 0 amide bonds. The van der Waals surface area contributed by atoms with Crippen molar-refractivity contribution >= 4 is 5.97 Å². The van der Waals surface area contributed by atoms with Gasteiger partial charge < -0.3 is 9.84 Å². The quantitative estimate of drug-likeness (QED) is 0.662. The lowest BCUT2D eigenvalue weighted by molar-refractivity contribution is -0.183. The fourth-order valence-electron chi connectivity index (χ4n) is 1.00. The highest BCUT2D eigenvalue weighted by Gasteiger charge is 2.49. The lowest BCUT2D eigenvalue weighted by Crippen LogP contribution is -2.40. The average molecular weight is 166 g/mol. The molecule has 1 heterocycles. The van der Waals surface area contributed by atoms with E-state index in [1.165, 1.54) is 0 Å². The topological polar surface area (TPSA) is 46.5 Å². The summed E-state index contributed by atoms with van der Waals surface area (Å²) in [6.07, 6.45) is -0.799. The van der Waals surface area contributed by atoms with Crippen LogP contribution in [0.4, 0.5) is 8.78 Å². The molecule has 5 heteroatoms. The van der Waals surface area contributed by atoms with Crippen LogP contribution < -0.4 is 0 Å². The Morgan fingerprint density at radius 1 is 1.64 bits per heavy atom. The normalized spacial score (nSPS) is 25.5. The molecule has 0 aliphatic carbocycles. The van der Waals surface area contributed by atoms with Gasteiger partial charge in [-0.05, 0) is 12.8 Å². The summed E-state index contributed by atoms with van der Waals surface area (Å²) in [6, 6.07) is 0. The standard InChI is InChI=1S/C6H8F2O3/c7-6(8,5(9)10)4-2-1-3-11-4/h4H,1-3H2,(H,9,10). The van der Waals surface area contributed by atoms with Crippen molar-refractivity contribution in [1.29, 1.82) is 0 Å². The van der Waals surface area contributed by atoms with Crippen molar-refractivity contribution in [2.45, 2.75) is 24.9 Å². The first-order valence-electron chi connectivity index (χ1n) is 3.28. The Labute approximate surface area is 62.0 Å². The van der Waals surface area contributed by atoms with Gasteiger partial charge in [-0.1, -0.05) is 0 Å². The van der Waals surface area contributed by atoms with E-state index < -0.39 is 18.0 Å². The van der Waals surface area contributed by atoms with E-state index in [0.717, 1.165) is 0 Å². The lowest BCUT2D eigenvalue weighted by atomic mass is 10.1. The molecule has 1 aliphatic rings. The summed E-state index contributed by atoms with van der Waals surface area (Å²) >= 11 is 0. The van der Waals surface area contributed by atoms with E-state index >= 15 is 0 Å². The van der Waals surface area contributed by atoms with Crippen LogP contribution in [0.15, 0.2) is 0 Å². The van der Waals surface area contributed by atoms with E-state index in [1.807, 2.05) is 0 Å². The lowest BCUT2D eigenvalue weighted by Gasteiger charge is -2.17. The number of rotatable bonds is 2. The number of hydrogen-bond acceptors (Lipinski definition) is 2. The Hall–Kier alpha value is -0.710. The second-order valence-corrected chi connectivity index (χ2v) is 2.43. The average Bonchev–Trinajstić information content (AvgIpc) is 2.37. The number of ether oxygens (including phenoxy) is 1. The van der Waals surface area contributed by atoms with Crippen LogP contribution in [-0.4, -0.2) is 29.7 Å². The van der Waals surface area contributed by atoms with Crippen LogP contribution in [-0.2, 0) is 9.53 Å². The summed E-state index contributed by atoms with van der Waals surface area (Å²) in [4.78, 5) is 9.98. The Morgan fingerprint density at radius 3 is 2.64 bits per heavy atom. The Morgan fingerprint density at radius 2 is 2.27 bits per heavy atom. The first-order chi connectivity index (χ1) is 5.05. The molecule has 0 spiro atoms.